The molecule has 0 fully saturated rings. The van der Waals surface area contributed by atoms with Crippen LogP contribution in [0.4, 0.5) is 13.2 Å². The van der Waals surface area contributed by atoms with Gasteiger partial charge in [0.25, 0.3) is 0 Å². The third kappa shape index (κ3) is 4.90. The number of alkyl halides is 3. The van der Waals surface area contributed by atoms with Crippen molar-refractivity contribution in [1.29, 1.82) is 0 Å². The van der Waals surface area contributed by atoms with Crippen molar-refractivity contribution in [3.05, 3.63) is 74.2 Å². The fraction of sp³-hybridized carbons (Fsp3) is 0.176. The molecule has 0 saturated heterocycles. The topological polar surface area (TPSA) is 26.0 Å². The first kappa shape index (κ1) is 19.1. The van der Waals surface area contributed by atoms with Crippen LogP contribution in [-0.2, 0) is 6.54 Å². The molecule has 1 atom stereocenters. The van der Waals surface area contributed by atoms with Gasteiger partial charge in [-0.05, 0) is 41.0 Å². The zero-order valence-corrected chi connectivity index (χ0v) is 14.5. The van der Waals surface area contributed by atoms with E-state index in [2.05, 4.69) is 0 Å². The highest BCUT2D eigenvalue weighted by atomic mass is 35.5. The molecule has 2 aromatic carbocycles. The monoisotopic (exact) mass is 393 g/mol. The Labute approximate surface area is 152 Å². The summed E-state index contributed by atoms with van der Waals surface area (Å²) >= 11 is 17.6. The Balaban J connectivity index is 2.38. The summed E-state index contributed by atoms with van der Waals surface area (Å²) < 4.78 is 40.2. The van der Waals surface area contributed by atoms with Gasteiger partial charge < -0.3 is 5.73 Å². The van der Waals surface area contributed by atoms with Crippen molar-refractivity contribution in [2.24, 2.45) is 5.73 Å². The molecule has 0 radical (unpaired) electrons. The summed E-state index contributed by atoms with van der Waals surface area (Å²) in [5.74, 6) is -1.83. The highest BCUT2D eigenvalue weighted by molar-refractivity contribution is 6.34. The van der Waals surface area contributed by atoms with E-state index < -0.39 is 12.1 Å². The van der Waals surface area contributed by atoms with E-state index in [1.807, 2.05) is 0 Å². The van der Waals surface area contributed by atoms with Gasteiger partial charge in [0.1, 0.15) is 0 Å². The van der Waals surface area contributed by atoms with Crippen LogP contribution in [0.3, 0.4) is 0 Å². The summed E-state index contributed by atoms with van der Waals surface area (Å²) in [5, 5.41) is 0.708. The standard InChI is InChI=1S/C17H13Cl3F3N/c18-13-6-12(7-14(19)8-13)15(17(21,22)23)4-2-10-1-3-11(9-24)16(20)5-10/h1-8,15H,9,24H2. The van der Waals surface area contributed by atoms with Gasteiger partial charge in [-0.25, -0.2) is 0 Å². The summed E-state index contributed by atoms with van der Waals surface area (Å²) in [5.41, 5.74) is 6.75. The minimum absolute atomic E-state index is 0.0269. The Morgan fingerprint density at radius 1 is 1.00 bits per heavy atom. The molecule has 2 aromatic rings. The van der Waals surface area contributed by atoms with Gasteiger partial charge in [0.15, 0.2) is 0 Å². The van der Waals surface area contributed by atoms with Crippen LogP contribution in [0.25, 0.3) is 6.08 Å². The molecule has 0 amide bonds. The lowest BCUT2D eigenvalue weighted by Crippen LogP contribution is -2.18. The van der Waals surface area contributed by atoms with Crippen LogP contribution in [0.5, 0.6) is 0 Å². The molecule has 2 N–H and O–H groups in total. The molecule has 0 bridgehead atoms. The number of nitrogens with two attached hydrogens (primary N) is 1. The first-order valence-corrected chi connectivity index (χ1v) is 8.03. The van der Waals surface area contributed by atoms with E-state index in [-0.39, 0.29) is 22.2 Å². The third-order valence-corrected chi connectivity index (χ3v) is 4.16. The Morgan fingerprint density at radius 2 is 1.62 bits per heavy atom. The molecule has 0 aliphatic rings. The van der Waals surface area contributed by atoms with Crippen LogP contribution in [-0.4, -0.2) is 6.18 Å². The maximum Gasteiger partial charge on any atom is 0.399 e. The fourth-order valence-electron chi connectivity index (χ4n) is 2.20. The van der Waals surface area contributed by atoms with E-state index in [1.54, 1.807) is 18.2 Å². The minimum Gasteiger partial charge on any atom is -0.326 e. The van der Waals surface area contributed by atoms with Gasteiger partial charge in [0, 0.05) is 21.6 Å². The van der Waals surface area contributed by atoms with E-state index in [4.69, 9.17) is 40.5 Å². The molecule has 24 heavy (non-hydrogen) atoms. The zero-order valence-electron chi connectivity index (χ0n) is 12.2. The Hall–Kier alpha value is -1.20. The van der Waals surface area contributed by atoms with Crippen molar-refractivity contribution in [1.82, 2.24) is 0 Å². The molecule has 0 aromatic heterocycles. The molecule has 0 heterocycles. The van der Waals surface area contributed by atoms with Gasteiger partial charge in [-0.15, -0.1) is 0 Å². The van der Waals surface area contributed by atoms with Crippen LogP contribution >= 0.6 is 34.8 Å². The largest absolute Gasteiger partial charge is 0.399 e. The summed E-state index contributed by atoms with van der Waals surface area (Å²) in [6, 6.07) is 8.79. The fourth-order valence-corrected chi connectivity index (χ4v) is 3.01. The molecular weight excluding hydrogens is 382 g/mol. The molecular formula is C17H13Cl3F3N. The van der Waals surface area contributed by atoms with Gasteiger partial charge in [-0.2, -0.15) is 13.2 Å². The van der Waals surface area contributed by atoms with E-state index in [0.717, 1.165) is 11.6 Å². The zero-order chi connectivity index (χ0) is 17.9. The molecule has 128 valence electrons. The second-order valence-electron chi connectivity index (χ2n) is 5.14. The SMILES string of the molecule is NCc1ccc(C=CC(c2cc(Cl)cc(Cl)c2)C(F)(F)F)cc1Cl. The second-order valence-corrected chi connectivity index (χ2v) is 6.42. The molecule has 1 unspecified atom stereocenters. The molecule has 0 aliphatic heterocycles. The van der Waals surface area contributed by atoms with E-state index in [0.29, 0.717) is 10.6 Å². The lowest BCUT2D eigenvalue weighted by molar-refractivity contribution is -0.139. The smallest absolute Gasteiger partial charge is 0.326 e. The summed E-state index contributed by atoms with van der Waals surface area (Å²) in [6.45, 7) is 0.259. The Morgan fingerprint density at radius 3 is 2.12 bits per heavy atom. The van der Waals surface area contributed by atoms with Crippen molar-refractivity contribution in [3.63, 3.8) is 0 Å². The van der Waals surface area contributed by atoms with E-state index >= 15 is 0 Å². The Bertz CT molecular complexity index is 737. The average Bonchev–Trinajstić information content (AvgIpc) is 2.45. The van der Waals surface area contributed by atoms with E-state index in [1.165, 1.54) is 24.3 Å². The van der Waals surface area contributed by atoms with Crippen molar-refractivity contribution in [2.75, 3.05) is 0 Å². The van der Waals surface area contributed by atoms with E-state index in [9.17, 15) is 13.2 Å². The highest BCUT2D eigenvalue weighted by Crippen LogP contribution is 2.38. The number of benzene rings is 2. The molecule has 1 nitrogen and oxygen atoms in total. The first-order valence-electron chi connectivity index (χ1n) is 6.90. The number of halogens is 6. The lowest BCUT2D eigenvalue weighted by atomic mass is 9.97. The number of hydrogen-bond donors (Lipinski definition) is 1. The summed E-state index contributed by atoms with van der Waals surface area (Å²) in [6.07, 6.45) is -2.07. The van der Waals surface area contributed by atoms with Crippen LogP contribution in [0.15, 0.2) is 42.5 Å². The van der Waals surface area contributed by atoms with Crippen molar-refractivity contribution >= 4 is 40.9 Å². The molecule has 0 aliphatic carbocycles. The van der Waals surface area contributed by atoms with Crippen LogP contribution in [0, 0.1) is 0 Å². The lowest BCUT2D eigenvalue weighted by Gasteiger charge is -2.18. The average molecular weight is 395 g/mol. The molecule has 7 heteroatoms. The van der Waals surface area contributed by atoms with Gasteiger partial charge in [-0.3, -0.25) is 0 Å². The predicted molar refractivity (Wildman–Crippen MR) is 93.6 cm³/mol. The minimum atomic E-state index is -4.48. The Kier molecular flexibility index (Phi) is 6.21. The number of hydrogen-bond acceptors (Lipinski definition) is 1. The first-order chi connectivity index (χ1) is 11.2. The maximum absolute atomic E-state index is 13.4. The van der Waals surface area contributed by atoms with Crippen LogP contribution in [0.2, 0.25) is 15.1 Å². The second kappa shape index (κ2) is 7.79. The predicted octanol–water partition coefficient (Wildman–Crippen LogP) is 6.46. The van der Waals surface area contributed by atoms with Gasteiger partial charge in [-0.1, -0.05) is 59.1 Å². The van der Waals surface area contributed by atoms with Crippen LogP contribution < -0.4 is 5.73 Å². The third-order valence-electron chi connectivity index (χ3n) is 3.37. The number of rotatable bonds is 4. The van der Waals surface area contributed by atoms with Crippen molar-refractivity contribution < 1.29 is 13.2 Å². The quantitative estimate of drug-likeness (QED) is 0.632. The maximum atomic E-state index is 13.4. The van der Waals surface area contributed by atoms with Crippen molar-refractivity contribution in [3.8, 4) is 0 Å². The number of allylic oxidation sites excluding steroid dienone is 1. The molecule has 0 saturated carbocycles. The van der Waals surface area contributed by atoms with Crippen molar-refractivity contribution in [2.45, 2.75) is 18.6 Å². The normalized spacial score (nSPS) is 13.5. The van der Waals surface area contributed by atoms with Gasteiger partial charge in [0.05, 0.1) is 5.92 Å². The summed E-state index contributed by atoms with van der Waals surface area (Å²) in [7, 11) is 0. The summed E-state index contributed by atoms with van der Waals surface area (Å²) in [4.78, 5) is 0. The molecule has 2 rings (SSSR count). The van der Waals surface area contributed by atoms with Gasteiger partial charge in [0.2, 0.25) is 0 Å². The highest BCUT2D eigenvalue weighted by Gasteiger charge is 2.39. The van der Waals surface area contributed by atoms with Gasteiger partial charge >= 0.3 is 6.18 Å². The molecule has 0 spiro atoms. The van der Waals surface area contributed by atoms with Crippen LogP contribution in [0.1, 0.15) is 22.6 Å².